The molecule has 66 valence electrons. The highest BCUT2D eigenvalue weighted by Crippen LogP contribution is 2.58. The number of hydrogen-bond donors (Lipinski definition) is 1. The van der Waals surface area contributed by atoms with Crippen LogP contribution < -0.4 is 4.74 Å². The van der Waals surface area contributed by atoms with Crippen molar-refractivity contribution in [1.82, 2.24) is 0 Å². The summed E-state index contributed by atoms with van der Waals surface area (Å²) in [5.41, 5.74) is 0.209. The maximum Gasteiger partial charge on any atom is 0.322 e. The molecule has 3 rings (SSSR count). The molecule has 2 aliphatic rings. The fraction of sp³-hybridized carbons (Fsp3) is 0.300. The molecule has 1 aliphatic carbocycles. The third kappa shape index (κ3) is 0.674. The highest BCUT2D eigenvalue weighted by molar-refractivity contribution is 5.94. The van der Waals surface area contributed by atoms with Gasteiger partial charge < -0.3 is 9.84 Å². The van der Waals surface area contributed by atoms with E-state index < -0.39 is 5.41 Å². The Labute approximate surface area is 74.9 Å². The van der Waals surface area contributed by atoms with Crippen LogP contribution in [0.3, 0.4) is 0 Å². The molecule has 3 nitrogen and oxygen atoms in total. The Morgan fingerprint density at radius 3 is 2.85 bits per heavy atom. The summed E-state index contributed by atoms with van der Waals surface area (Å²) in [6.07, 6.45) is 1.60. The first-order chi connectivity index (χ1) is 6.24. The standard InChI is InChI=1S/C10H8O3/c11-6-2-1-3-7-8(6)10(4-5-10)9(12)13-7/h1-3,11H,4-5H2. The zero-order valence-electron chi connectivity index (χ0n) is 6.91. The molecule has 0 bridgehead atoms. The lowest BCUT2D eigenvalue weighted by Gasteiger charge is -2.03. The second-order valence-corrected chi connectivity index (χ2v) is 3.62. The van der Waals surface area contributed by atoms with Crippen LogP contribution in [-0.2, 0) is 10.2 Å². The number of rotatable bonds is 0. The molecule has 0 atom stereocenters. The van der Waals surface area contributed by atoms with Gasteiger partial charge in [0.25, 0.3) is 0 Å². The predicted molar refractivity (Wildman–Crippen MR) is 44.7 cm³/mol. The molecule has 1 spiro atoms. The molecule has 1 fully saturated rings. The Bertz CT molecular complexity index is 405. The van der Waals surface area contributed by atoms with Crippen LogP contribution >= 0.6 is 0 Å². The van der Waals surface area contributed by atoms with E-state index in [0.717, 1.165) is 12.8 Å². The van der Waals surface area contributed by atoms with E-state index in [9.17, 15) is 9.90 Å². The fourth-order valence-electron chi connectivity index (χ4n) is 1.96. The number of aromatic hydroxyl groups is 1. The Kier molecular flexibility index (Phi) is 0.998. The summed E-state index contributed by atoms with van der Waals surface area (Å²) in [4.78, 5) is 11.4. The number of hydrogen-bond acceptors (Lipinski definition) is 3. The molecule has 3 heteroatoms. The number of benzene rings is 1. The van der Waals surface area contributed by atoms with Crippen molar-refractivity contribution in [2.45, 2.75) is 18.3 Å². The van der Waals surface area contributed by atoms with Crippen LogP contribution in [0.1, 0.15) is 18.4 Å². The molecular weight excluding hydrogens is 168 g/mol. The van der Waals surface area contributed by atoms with Crippen LogP contribution in [-0.4, -0.2) is 11.1 Å². The molecule has 1 heterocycles. The number of esters is 1. The number of phenols is 1. The van der Waals surface area contributed by atoms with E-state index >= 15 is 0 Å². The minimum atomic E-state index is -0.485. The second-order valence-electron chi connectivity index (χ2n) is 3.62. The minimum absolute atomic E-state index is 0.181. The SMILES string of the molecule is O=C1Oc2cccc(O)c2C12CC2. The molecule has 1 N–H and O–H groups in total. The molecule has 0 unspecified atom stereocenters. The smallest absolute Gasteiger partial charge is 0.322 e. The third-order valence-electron chi connectivity index (χ3n) is 2.83. The molecule has 0 aromatic heterocycles. The van der Waals surface area contributed by atoms with E-state index in [-0.39, 0.29) is 11.7 Å². The number of carbonyl (C=O) groups is 1. The zero-order chi connectivity index (χ0) is 9.05. The van der Waals surface area contributed by atoms with Gasteiger partial charge in [0, 0.05) is 0 Å². The first-order valence-electron chi connectivity index (χ1n) is 4.29. The van der Waals surface area contributed by atoms with E-state index in [2.05, 4.69) is 0 Å². The van der Waals surface area contributed by atoms with Crippen molar-refractivity contribution in [2.75, 3.05) is 0 Å². The van der Waals surface area contributed by atoms with Crippen molar-refractivity contribution in [1.29, 1.82) is 0 Å². The van der Waals surface area contributed by atoms with Gasteiger partial charge in [0.05, 0.1) is 5.56 Å². The Balaban J connectivity index is 2.30. The Hall–Kier alpha value is -1.51. The number of carbonyl (C=O) groups excluding carboxylic acids is 1. The van der Waals surface area contributed by atoms with Crippen molar-refractivity contribution in [3.63, 3.8) is 0 Å². The first-order valence-corrected chi connectivity index (χ1v) is 4.29. The van der Waals surface area contributed by atoms with E-state index in [1.165, 1.54) is 0 Å². The fourth-order valence-corrected chi connectivity index (χ4v) is 1.96. The van der Waals surface area contributed by atoms with E-state index in [1.807, 2.05) is 0 Å². The summed E-state index contributed by atoms with van der Waals surface area (Å²) < 4.78 is 5.07. The molecule has 1 saturated carbocycles. The van der Waals surface area contributed by atoms with Crippen LogP contribution in [0.15, 0.2) is 18.2 Å². The zero-order valence-corrected chi connectivity index (χ0v) is 6.91. The van der Waals surface area contributed by atoms with Gasteiger partial charge in [-0.05, 0) is 25.0 Å². The van der Waals surface area contributed by atoms with Gasteiger partial charge in [-0.15, -0.1) is 0 Å². The number of ether oxygens (including phenoxy) is 1. The molecule has 0 radical (unpaired) electrons. The van der Waals surface area contributed by atoms with E-state index in [1.54, 1.807) is 18.2 Å². The summed E-state index contributed by atoms with van der Waals surface area (Å²) in [6.45, 7) is 0. The Morgan fingerprint density at radius 2 is 2.15 bits per heavy atom. The average molecular weight is 176 g/mol. The van der Waals surface area contributed by atoms with Gasteiger partial charge in [-0.25, -0.2) is 0 Å². The highest BCUT2D eigenvalue weighted by Gasteiger charge is 2.59. The maximum atomic E-state index is 11.4. The van der Waals surface area contributed by atoms with Crippen molar-refractivity contribution in [3.05, 3.63) is 23.8 Å². The van der Waals surface area contributed by atoms with Gasteiger partial charge in [0.1, 0.15) is 16.9 Å². The van der Waals surface area contributed by atoms with Crippen molar-refractivity contribution in [3.8, 4) is 11.5 Å². The lowest BCUT2D eigenvalue weighted by atomic mass is 9.97. The van der Waals surface area contributed by atoms with Crippen LogP contribution in [0.2, 0.25) is 0 Å². The predicted octanol–water partition coefficient (Wildman–Crippen LogP) is 1.34. The van der Waals surface area contributed by atoms with Crippen molar-refractivity contribution >= 4 is 5.97 Å². The quantitative estimate of drug-likeness (QED) is 0.479. The largest absolute Gasteiger partial charge is 0.507 e. The van der Waals surface area contributed by atoms with Crippen LogP contribution in [0.5, 0.6) is 11.5 Å². The molecular formula is C10H8O3. The lowest BCUT2D eigenvalue weighted by Crippen LogP contribution is -2.16. The summed E-state index contributed by atoms with van der Waals surface area (Å²) in [6, 6.07) is 5.00. The summed E-state index contributed by atoms with van der Waals surface area (Å²) in [5, 5.41) is 9.59. The van der Waals surface area contributed by atoms with Gasteiger partial charge >= 0.3 is 5.97 Å². The van der Waals surface area contributed by atoms with Gasteiger partial charge in [0.15, 0.2) is 0 Å². The van der Waals surface area contributed by atoms with Crippen molar-refractivity contribution < 1.29 is 14.6 Å². The normalized spacial score (nSPS) is 21.4. The summed E-state index contributed by atoms with van der Waals surface area (Å²) >= 11 is 0. The van der Waals surface area contributed by atoms with Gasteiger partial charge in [-0.2, -0.15) is 0 Å². The minimum Gasteiger partial charge on any atom is -0.507 e. The maximum absolute atomic E-state index is 11.4. The van der Waals surface area contributed by atoms with Gasteiger partial charge in [-0.1, -0.05) is 6.07 Å². The number of phenolic OH excluding ortho intramolecular Hbond substituents is 1. The summed E-state index contributed by atoms with van der Waals surface area (Å²) in [5.74, 6) is 0.507. The first kappa shape index (κ1) is 6.95. The topological polar surface area (TPSA) is 46.5 Å². The number of fused-ring (bicyclic) bond motifs is 2. The van der Waals surface area contributed by atoms with Gasteiger partial charge in [0.2, 0.25) is 0 Å². The van der Waals surface area contributed by atoms with Crippen LogP contribution in [0, 0.1) is 0 Å². The van der Waals surface area contributed by atoms with E-state index in [0.29, 0.717) is 11.3 Å². The lowest BCUT2D eigenvalue weighted by molar-refractivity contribution is -0.135. The van der Waals surface area contributed by atoms with Gasteiger partial charge in [-0.3, -0.25) is 4.79 Å². The second kappa shape index (κ2) is 1.87. The Morgan fingerprint density at radius 1 is 1.38 bits per heavy atom. The van der Waals surface area contributed by atoms with Crippen LogP contribution in [0.25, 0.3) is 0 Å². The molecule has 1 aromatic rings. The average Bonchev–Trinajstić information content (AvgIpc) is 2.79. The molecule has 0 saturated heterocycles. The molecule has 0 amide bonds. The molecule has 1 aromatic carbocycles. The van der Waals surface area contributed by atoms with E-state index in [4.69, 9.17) is 4.74 Å². The molecule has 13 heavy (non-hydrogen) atoms. The van der Waals surface area contributed by atoms with Crippen molar-refractivity contribution in [2.24, 2.45) is 0 Å². The van der Waals surface area contributed by atoms with Crippen LogP contribution in [0.4, 0.5) is 0 Å². The third-order valence-corrected chi connectivity index (χ3v) is 2.83. The molecule has 1 aliphatic heterocycles. The monoisotopic (exact) mass is 176 g/mol. The highest BCUT2D eigenvalue weighted by atomic mass is 16.5. The summed E-state index contributed by atoms with van der Waals surface area (Å²) in [7, 11) is 0.